The molecule has 2 aliphatic rings. The number of hydrogen-bond acceptors (Lipinski definition) is 5. The summed E-state index contributed by atoms with van der Waals surface area (Å²) >= 11 is 1.63. The lowest BCUT2D eigenvalue weighted by Gasteiger charge is -2.30. The molecule has 1 aromatic carbocycles. The van der Waals surface area contributed by atoms with Gasteiger partial charge < -0.3 is 15.0 Å². The Morgan fingerprint density at radius 3 is 2.72 bits per heavy atom. The lowest BCUT2D eigenvalue weighted by atomic mass is 9.75. The van der Waals surface area contributed by atoms with Crippen molar-refractivity contribution in [3.05, 3.63) is 34.7 Å². The molecule has 0 spiro atoms. The second-order valence-corrected chi connectivity index (χ2v) is 9.61. The van der Waals surface area contributed by atoms with Gasteiger partial charge in [0.05, 0.1) is 23.1 Å². The highest BCUT2D eigenvalue weighted by Gasteiger charge is 2.37. The van der Waals surface area contributed by atoms with Crippen LogP contribution in [-0.4, -0.2) is 38.0 Å². The molecule has 2 heterocycles. The van der Waals surface area contributed by atoms with Crippen LogP contribution in [0.4, 0.5) is 10.7 Å². The highest BCUT2D eigenvalue weighted by atomic mass is 32.1. The van der Waals surface area contributed by atoms with Gasteiger partial charge in [-0.1, -0.05) is 32.9 Å². The molecule has 0 unspecified atom stereocenters. The number of morpholine rings is 1. The number of ether oxygens (including phenoxy) is 1. The van der Waals surface area contributed by atoms with E-state index in [0.717, 1.165) is 51.8 Å². The summed E-state index contributed by atoms with van der Waals surface area (Å²) < 4.78 is 5.55. The van der Waals surface area contributed by atoms with Gasteiger partial charge in [0.2, 0.25) is 5.91 Å². The fourth-order valence-electron chi connectivity index (χ4n) is 4.19. The van der Waals surface area contributed by atoms with Crippen LogP contribution in [0.15, 0.2) is 24.3 Å². The molecule has 0 atom stereocenters. The van der Waals surface area contributed by atoms with E-state index < -0.39 is 0 Å². The van der Waals surface area contributed by atoms with Crippen LogP contribution in [0.3, 0.4) is 0 Å². The van der Waals surface area contributed by atoms with Crippen molar-refractivity contribution >= 4 is 33.7 Å². The van der Waals surface area contributed by atoms with Gasteiger partial charge >= 0.3 is 0 Å². The van der Waals surface area contributed by atoms with Gasteiger partial charge in [0, 0.05) is 37.2 Å². The van der Waals surface area contributed by atoms with Crippen LogP contribution in [0.2, 0.25) is 0 Å². The lowest BCUT2D eigenvalue weighted by Crippen LogP contribution is -2.36. The topological polar surface area (TPSA) is 58.6 Å². The van der Waals surface area contributed by atoms with Crippen LogP contribution < -0.4 is 10.2 Å². The highest BCUT2D eigenvalue weighted by Crippen LogP contribution is 2.49. The van der Waals surface area contributed by atoms with Crippen molar-refractivity contribution in [2.24, 2.45) is 5.41 Å². The van der Waals surface area contributed by atoms with E-state index >= 15 is 0 Å². The largest absolute Gasteiger partial charge is 0.378 e. The fourth-order valence-corrected chi connectivity index (χ4v) is 5.52. The summed E-state index contributed by atoms with van der Waals surface area (Å²) in [7, 11) is 0. The van der Waals surface area contributed by atoms with Gasteiger partial charge in [-0.3, -0.25) is 9.59 Å². The molecule has 1 N–H and O–H groups in total. The SMILES string of the molecule is CCC(=O)Nc1cccc(-c2c(N3CCOCC3)sc3c2CC(C)(C)CC3=O)c1. The van der Waals surface area contributed by atoms with Gasteiger partial charge in [-0.15, -0.1) is 11.3 Å². The number of Topliss-reactive ketones (excluding diaryl/α,β-unsaturated/α-hetero) is 1. The molecule has 1 amide bonds. The van der Waals surface area contributed by atoms with E-state index in [-0.39, 0.29) is 17.1 Å². The molecule has 1 fully saturated rings. The molecule has 1 aliphatic carbocycles. The monoisotopic (exact) mass is 412 g/mol. The van der Waals surface area contributed by atoms with Gasteiger partial charge in [0.25, 0.3) is 0 Å². The van der Waals surface area contributed by atoms with E-state index in [0.29, 0.717) is 26.1 Å². The van der Waals surface area contributed by atoms with E-state index in [1.807, 2.05) is 25.1 Å². The summed E-state index contributed by atoms with van der Waals surface area (Å²) in [4.78, 5) is 28.1. The standard InChI is InChI=1S/C23H28N2O3S/c1-4-19(27)24-16-7-5-6-15(12-16)20-17-13-23(2,3)14-18(26)21(17)29-22(20)25-8-10-28-11-9-25/h5-7,12H,4,8-11,13-14H2,1-3H3,(H,24,27). The maximum absolute atomic E-state index is 12.9. The Morgan fingerprint density at radius 2 is 2.00 bits per heavy atom. The van der Waals surface area contributed by atoms with Crippen molar-refractivity contribution in [3.8, 4) is 11.1 Å². The summed E-state index contributed by atoms with van der Waals surface area (Å²) in [5, 5.41) is 4.12. The molecule has 5 nitrogen and oxygen atoms in total. The summed E-state index contributed by atoms with van der Waals surface area (Å²) in [6.07, 6.45) is 1.92. The van der Waals surface area contributed by atoms with Crippen LogP contribution in [0.1, 0.15) is 48.8 Å². The molecule has 0 bridgehead atoms. The quantitative estimate of drug-likeness (QED) is 0.787. The molecule has 6 heteroatoms. The van der Waals surface area contributed by atoms with Crippen molar-refractivity contribution in [3.63, 3.8) is 0 Å². The van der Waals surface area contributed by atoms with E-state index in [9.17, 15) is 9.59 Å². The fraction of sp³-hybridized carbons (Fsp3) is 0.478. The number of rotatable bonds is 4. The summed E-state index contributed by atoms with van der Waals surface area (Å²) in [5.41, 5.74) is 4.13. The number of carbonyl (C=O) groups excluding carboxylic acids is 2. The second-order valence-electron chi connectivity index (χ2n) is 8.61. The first-order valence-corrected chi connectivity index (χ1v) is 11.1. The number of nitrogens with one attached hydrogen (secondary N) is 1. The predicted octanol–water partition coefficient (Wildman–Crippen LogP) is 4.76. The van der Waals surface area contributed by atoms with Crippen LogP contribution in [0, 0.1) is 5.41 Å². The minimum absolute atomic E-state index is 0.000730. The van der Waals surface area contributed by atoms with Crippen molar-refractivity contribution in [2.75, 3.05) is 36.5 Å². The highest BCUT2D eigenvalue weighted by molar-refractivity contribution is 7.19. The number of hydrogen-bond donors (Lipinski definition) is 1. The van der Waals surface area contributed by atoms with Crippen LogP contribution in [0.5, 0.6) is 0 Å². The number of anilines is 2. The molecule has 0 saturated carbocycles. The first-order valence-electron chi connectivity index (χ1n) is 10.3. The minimum Gasteiger partial charge on any atom is -0.378 e. The van der Waals surface area contributed by atoms with E-state index in [4.69, 9.17) is 4.74 Å². The Bertz CT molecular complexity index is 942. The Kier molecular flexibility index (Phi) is 5.49. The van der Waals surface area contributed by atoms with Gasteiger partial charge in [-0.05, 0) is 35.1 Å². The van der Waals surface area contributed by atoms with Crippen LogP contribution >= 0.6 is 11.3 Å². The van der Waals surface area contributed by atoms with Gasteiger partial charge in [-0.2, -0.15) is 0 Å². The molecule has 4 rings (SSSR count). The average Bonchev–Trinajstić information content (AvgIpc) is 3.07. The average molecular weight is 413 g/mol. The van der Waals surface area contributed by atoms with Gasteiger partial charge in [0.1, 0.15) is 0 Å². The molecular weight excluding hydrogens is 384 g/mol. The number of ketones is 1. The summed E-state index contributed by atoms with van der Waals surface area (Å²) in [6, 6.07) is 8.01. The van der Waals surface area contributed by atoms with Crippen molar-refractivity contribution < 1.29 is 14.3 Å². The minimum atomic E-state index is -0.0454. The smallest absolute Gasteiger partial charge is 0.224 e. The Labute approximate surface area is 176 Å². The Balaban J connectivity index is 1.84. The third kappa shape index (κ3) is 4.09. The first-order chi connectivity index (χ1) is 13.9. The maximum atomic E-state index is 12.9. The molecule has 0 radical (unpaired) electrons. The molecule has 29 heavy (non-hydrogen) atoms. The third-order valence-electron chi connectivity index (χ3n) is 5.59. The van der Waals surface area contributed by atoms with Crippen molar-refractivity contribution in [2.45, 2.75) is 40.0 Å². The maximum Gasteiger partial charge on any atom is 0.224 e. The molecular formula is C23H28N2O3S. The summed E-state index contributed by atoms with van der Waals surface area (Å²) in [6.45, 7) is 9.25. The van der Waals surface area contributed by atoms with Gasteiger partial charge in [0.15, 0.2) is 5.78 Å². The molecule has 1 saturated heterocycles. The van der Waals surface area contributed by atoms with Crippen LogP contribution in [0.25, 0.3) is 11.1 Å². The lowest BCUT2D eigenvalue weighted by molar-refractivity contribution is -0.115. The van der Waals surface area contributed by atoms with E-state index in [1.54, 1.807) is 11.3 Å². The first kappa shape index (κ1) is 20.1. The predicted molar refractivity (Wildman–Crippen MR) is 118 cm³/mol. The zero-order chi connectivity index (χ0) is 20.6. The Hall–Kier alpha value is -2.18. The number of fused-ring (bicyclic) bond motifs is 1. The Morgan fingerprint density at radius 1 is 1.24 bits per heavy atom. The molecule has 1 aromatic heterocycles. The molecule has 1 aliphatic heterocycles. The molecule has 2 aromatic rings. The second kappa shape index (κ2) is 7.92. The third-order valence-corrected chi connectivity index (χ3v) is 6.92. The number of carbonyl (C=O) groups is 2. The normalized spacial score (nSPS) is 18.4. The number of thiophene rings is 1. The number of nitrogens with zero attached hydrogens (tertiary/aromatic N) is 1. The summed E-state index contributed by atoms with van der Waals surface area (Å²) in [5.74, 6) is 0.247. The van der Waals surface area contributed by atoms with Crippen molar-refractivity contribution in [1.82, 2.24) is 0 Å². The van der Waals surface area contributed by atoms with Crippen molar-refractivity contribution in [1.29, 1.82) is 0 Å². The zero-order valence-corrected chi connectivity index (χ0v) is 18.2. The number of benzene rings is 1. The van der Waals surface area contributed by atoms with E-state index in [2.05, 4.69) is 30.1 Å². The van der Waals surface area contributed by atoms with E-state index in [1.165, 1.54) is 0 Å². The van der Waals surface area contributed by atoms with Crippen LogP contribution in [-0.2, 0) is 16.0 Å². The number of amides is 1. The molecule has 154 valence electrons. The van der Waals surface area contributed by atoms with Gasteiger partial charge in [-0.25, -0.2) is 0 Å². The zero-order valence-electron chi connectivity index (χ0n) is 17.3.